The van der Waals surface area contributed by atoms with Crippen LogP contribution in [0, 0.1) is 11.7 Å². The summed E-state index contributed by atoms with van der Waals surface area (Å²) in [7, 11) is 1.81. The van der Waals surface area contributed by atoms with Gasteiger partial charge < -0.3 is 24.3 Å². The number of hydrogen-bond donors (Lipinski definition) is 1. The predicted octanol–water partition coefficient (Wildman–Crippen LogP) is 2.55. The molecular formula is C23H21FN4O4. The van der Waals surface area contributed by atoms with Crippen molar-refractivity contribution in [3.8, 4) is 11.5 Å². The molecule has 3 aromatic rings. The van der Waals surface area contributed by atoms with Crippen molar-refractivity contribution in [1.29, 1.82) is 0 Å². The summed E-state index contributed by atoms with van der Waals surface area (Å²) < 4.78 is 26.4. The lowest BCUT2D eigenvalue weighted by Crippen LogP contribution is -2.37. The zero-order valence-corrected chi connectivity index (χ0v) is 17.3. The Morgan fingerprint density at radius 3 is 2.84 bits per heavy atom. The molecule has 0 radical (unpaired) electrons. The minimum Gasteiger partial charge on any atom is -0.454 e. The zero-order chi connectivity index (χ0) is 22.2. The summed E-state index contributed by atoms with van der Waals surface area (Å²) in [5, 5.41) is 2.97. The lowest BCUT2D eigenvalue weighted by atomic mass is 10.0. The summed E-state index contributed by atoms with van der Waals surface area (Å²) in [4.78, 5) is 31.8. The number of fused-ring (bicyclic) bond motifs is 1. The van der Waals surface area contributed by atoms with Gasteiger partial charge in [0.25, 0.3) is 0 Å². The summed E-state index contributed by atoms with van der Waals surface area (Å²) in [5.41, 5.74) is 1.23. The first-order valence-electron chi connectivity index (χ1n) is 10.2. The number of anilines is 1. The topological polar surface area (TPSA) is 85.7 Å². The molecule has 1 fully saturated rings. The average Bonchev–Trinajstić information content (AvgIpc) is 3.51. The molecule has 1 N–H and O–H groups in total. The lowest BCUT2D eigenvalue weighted by Gasteiger charge is -2.21. The SMILES string of the molecule is Cn1ccnc1[C@H](NC(=O)[C@H]1CC(=O)N(c2ccc3c(c2)OCO3)C1)c1cccc(F)c1. The van der Waals surface area contributed by atoms with Gasteiger partial charge in [-0.3, -0.25) is 9.59 Å². The molecule has 0 unspecified atom stereocenters. The van der Waals surface area contributed by atoms with Crippen LogP contribution in [-0.2, 0) is 16.6 Å². The molecule has 2 aromatic carbocycles. The summed E-state index contributed by atoms with van der Waals surface area (Å²) in [6, 6.07) is 10.7. The first-order chi connectivity index (χ1) is 15.5. The molecular weight excluding hydrogens is 415 g/mol. The van der Waals surface area contributed by atoms with Crippen LogP contribution in [0.2, 0.25) is 0 Å². The second-order valence-corrected chi connectivity index (χ2v) is 7.84. The van der Waals surface area contributed by atoms with Gasteiger partial charge >= 0.3 is 0 Å². The maximum absolute atomic E-state index is 13.9. The van der Waals surface area contributed by atoms with E-state index in [-0.39, 0.29) is 31.6 Å². The summed E-state index contributed by atoms with van der Waals surface area (Å²) in [6.07, 6.45) is 3.46. The molecule has 5 rings (SSSR count). The van der Waals surface area contributed by atoms with Crippen LogP contribution in [0.5, 0.6) is 11.5 Å². The monoisotopic (exact) mass is 436 g/mol. The van der Waals surface area contributed by atoms with Gasteiger partial charge in [-0.1, -0.05) is 12.1 Å². The summed E-state index contributed by atoms with van der Waals surface area (Å²) in [6.45, 7) is 0.382. The normalized spacial score (nSPS) is 18.1. The van der Waals surface area contributed by atoms with Crippen molar-refractivity contribution in [2.24, 2.45) is 13.0 Å². The molecule has 3 heterocycles. The molecule has 32 heavy (non-hydrogen) atoms. The van der Waals surface area contributed by atoms with Crippen LogP contribution in [0.15, 0.2) is 54.9 Å². The Labute approximate surface area is 183 Å². The number of carbonyl (C=O) groups is 2. The van der Waals surface area contributed by atoms with Crippen LogP contribution in [0.4, 0.5) is 10.1 Å². The van der Waals surface area contributed by atoms with Crippen LogP contribution < -0.4 is 19.7 Å². The smallest absolute Gasteiger partial charge is 0.231 e. The molecule has 164 valence electrons. The van der Waals surface area contributed by atoms with Crippen molar-refractivity contribution >= 4 is 17.5 Å². The molecule has 2 aliphatic heterocycles. The van der Waals surface area contributed by atoms with Crippen LogP contribution in [0.1, 0.15) is 23.9 Å². The predicted molar refractivity (Wildman–Crippen MR) is 113 cm³/mol. The first-order valence-corrected chi connectivity index (χ1v) is 10.2. The Bertz CT molecular complexity index is 1190. The number of hydrogen-bond acceptors (Lipinski definition) is 5. The number of nitrogens with one attached hydrogen (secondary N) is 1. The molecule has 0 spiro atoms. The number of imidazole rings is 1. The summed E-state index contributed by atoms with van der Waals surface area (Å²) >= 11 is 0. The van der Waals surface area contributed by atoms with Gasteiger partial charge in [0.05, 0.1) is 5.92 Å². The fourth-order valence-electron chi connectivity index (χ4n) is 4.08. The molecule has 1 saturated heterocycles. The average molecular weight is 436 g/mol. The third-order valence-electron chi connectivity index (χ3n) is 5.75. The highest BCUT2D eigenvalue weighted by atomic mass is 19.1. The van der Waals surface area contributed by atoms with E-state index in [1.165, 1.54) is 12.1 Å². The van der Waals surface area contributed by atoms with Crippen LogP contribution in [-0.4, -0.2) is 34.7 Å². The van der Waals surface area contributed by atoms with Crippen LogP contribution in [0.3, 0.4) is 0 Å². The maximum atomic E-state index is 13.9. The Morgan fingerprint density at radius 2 is 2.06 bits per heavy atom. The van der Waals surface area contributed by atoms with Gasteiger partial charge in [0.2, 0.25) is 18.6 Å². The Hall–Kier alpha value is -3.88. The van der Waals surface area contributed by atoms with Gasteiger partial charge in [0.1, 0.15) is 17.7 Å². The highest BCUT2D eigenvalue weighted by Crippen LogP contribution is 2.37. The van der Waals surface area contributed by atoms with E-state index in [1.54, 1.807) is 59.2 Å². The van der Waals surface area contributed by atoms with Gasteiger partial charge in [-0.25, -0.2) is 9.37 Å². The van der Waals surface area contributed by atoms with Crippen molar-refractivity contribution in [3.63, 3.8) is 0 Å². The second kappa shape index (κ2) is 7.99. The van der Waals surface area contributed by atoms with Gasteiger partial charge in [-0.05, 0) is 29.8 Å². The number of ether oxygens (including phenoxy) is 2. The molecule has 0 aliphatic carbocycles. The highest BCUT2D eigenvalue weighted by molar-refractivity contribution is 6.00. The number of aryl methyl sites for hydroxylation is 1. The molecule has 0 saturated carbocycles. The van der Waals surface area contributed by atoms with E-state index in [9.17, 15) is 14.0 Å². The fraction of sp³-hybridized carbons (Fsp3) is 0.261. The van der Waals surface area contributed by atoms with E-state index >= 15 is 0 Å². The van der Waals surface area contributed by atoms with Crippen LogP contribution >= 0.6 is 0 Å². The minimum absolute atomic E-state index is 0.0801. The van der Waals surface area contributed by atoms with E-state index in [0.29, 0.717) is 28.6 Å². The van der Waals surface area contributed by atoms with Gasteiger partial charge in [0.15, 0.2) is 11.5 Å². The Balaban J connectivity index is 1.36. The zero-order valence-electron chi connectivity index (χ0n) is 17.3. The van der Waals surface area contributed by atoms with Crippen molar-refractivity contribution in [2.45, 2.75) is 12.5 Å². The van der Waals surface area contributed by atoms with E-state index < -0.39 is 17.8 Å². The quantitative estimate of drug-likeness (QED) is 0.665. The van der Waals surface area contributed by atoms with Gasteiger partial charge in [-0.15, -0.1) is 0 Å². The van der Waals surface area contributed by atoms with Crippen molar-refractivity contribution in [1.82, 2.24) is 14.9 Å². The molecule has 2 amide bonds. The molecule has 2 atom stereocenters. The lowest BCUT2D eigenvalue weighted by molar-refractivity contribution is -0.126. The third kappa shape index (κ3) is 3.66. The second-order valence-electron chi connectivity index (χ2n) is 7.84. The van der Waals surface area contributed by atoms with E-state index in [1.807, 2.05) is 0 Å². The maximum Gasteiger partial charge on any atom is 0.231 e. The summed E-state index contributed by atoms with van der Waals surface area (Å²) in [5.74, 6) is 0.375. The number of benzene rings is 2. The number of nitrogens with zero attached hydrogens (tertiary/aromatic N) is 3. The molecule has 2 aliphatic rings. The third-order valence-corrected chi connectivity index (χ3v) is 5.75. The van der Waals surface area contributed by atoms with Gasteiger partial charge in [0, 0.05) is 44.2 Å². The molecule has 8 nitrogen and oxygen atoms in total. The number of halogens is 1. The van der Waals surface area contributed by atoms with Crippen molar-refractivity contribution in [3.05, 3.63) is 72.1 Å². The standard InChI is InChI=1S/C23H21FN4O4/c1-27-8-7-25-22(27)21(14-3-2-4-16(24)9-14)26-23(30)15-10-20(29)28(12-15)17-5-6-18-19(11-17)32-13-31-18/h2-9,11,15,21H,10,12-13H2,1H3,(H,26,30)/t15-,21+/m0/s1. The highest BCUT2D eigenvalue weighted by Gasteiger charge is 2.37. The number of aromatic nitrogens is 2. The molecule has 0 bridgehead atoms. The number of amides is 2. The van der Waals surface area contributed by atoms with Crippen molar-refractivity contribution < 1.29 is 23.5 Å². The largest absolute Gasteiger partial charge is 0.454 e. The Kier molecular flexibility index (Phi) is 5.01. The fourth-order valence-corrected chi connectivity index (χ4v) is 4.08. The minimum atomic E-state index is -0.645. The molecule has 1 aromatic heterocycles. The number of carbonyl (C=O) groups excluding carboxylic acids is 2. The Morgan fingerprint density at radius 1 is 1.22 bits per heavy atom. The molecule has 9 heteroatoms. The van der Waals surface area contributed by atoms with Gasteiger partial charge in [-0.2, -0.15) is 0 Å². The van der Waals surface area contributed by atoms with E-state index in [2.05, 4.69) is 10.3 Å². The first kappa shape index (κ1) is 20.0. The van der Waals surface area contributed by atoms with E-state index in [0.717, 1.165) is 0 Å². The number of rotatable bonds is 5. The van der Waals surface area contributed by atoms with Crippen LogP contribution in [0.25, 0.3) is 0 Å². The van der Waals surface area contributed by atoms with Crippen molar-refractivity contribution in [2.75, 3.05) is 18.2 Å². The van der Waals surface area contributed by atoms with E-state index in [4.69, 9.17) is 9.47 Å².